The van der Waals surface area contributed by atoms with Crippen molar-refractivity contribution in [2.24, 2.45) is 4.99 Å². The standard InChI is InChI=1S/C19H19N3O4S2/c1-26-15-7-5-13(6-8-15)20-18(23)12-3-2-4-14(9-12)21-19-22-16-10-28(24,25)11-17(16)27-19/h2-9,16-17H,10-11H2,1H3,(H,20,23)(H,21,22)/t16-,17-/m0/s1. The van der Waals surface area contributed by atoms with Crippen molar-refractivity contribution in [1.29, 1.82) is 0 Å². The predicted molar refractivity (Wildman–Crippen MR) is 112 cm³/mol. The van der Waals surface area contributed by atoms with Gasteiger partial charge in [-0.1, -0.05) is 17.8 Å². The van der Waals surface area contributed by atoms with Crippen molar-refractivity contribution in [3.8, 4) is 5.75 Å². The minimum atomic E-state index is -2.97. The Bertz CT molecular complexity index is 1040. The summed E-state index contributed by atoms with van der Waals surface area (Å²) in [5.41, 5.74) is 1.91. The maximum absolute atomic E-state index is 12.5. The lowest BCUT2D eigenvalue weighted by Crippen LogP contribution is -2.14. The summed E-state index contributed by atoms with van der Waals surface area (Å²) in [6, 6.07) is 14.0. The maximum Gasteiger partial charge on any atom is 0.255 e. The average Bonchev–Trinajstić information content (AvgIpc) is 3.15. The molecule has 1 saturated heterocycles. The first kappa shape index (κ1) is 18.8. The molecule has 28 heavy (non-hydrogen) atoms. The molecule has 0 saturated carbocycles. The number of fused-ring (bicyclic) bond motifs is 1. The first-order chi connectivity index (χ1) is 13.4. The molecule has 146 valence electrons. The van der Waals surface area contributed by atoms with Gasteiger partial charge in [0.15, 0.2) is 15.0 Å². The molecule has 0 aromatic heterocycles. The molecular weight excluding hydrogens is 398 g/mol. The number of aliphatic imine (C=N–C) groups is 1. The van der Waals surface area contributed by atoms with Gasteiger partial charge in [0.05, 0.1) is 24.7 Å². The van der Waals surface area contributed by atoms with E-state index in [1.54, 1.807) is 49.6 Å². The van der Waals surface area contributed by atoms with Crippen molar-refractivity contribution in [2.75, 3.05) is 29.2 Å². The van der Waals surface area contributed by atoms with E-state index >= 15 is 0 Å². The predicted octanol–water partition coefficient (Wildman–Crippen LogP) is 2.63. The molecule has 0 radical (unpaired) electrons. The monoisotopic (exact) mass is 417 g/mol. The highest BCUT2D eigenvalue weighted by Gasteiger charge is 2.42. The molecule has 0 bridgehead atoms. The molecule has 2 aromatic rings. The molecule has 0 spiro atoms. The lowest BCUT2D eigenvalue weighted by Gasteiger charge is -2.10. The van der Waals surface area contributed by atoms with Crippen molar-refractivity contribution < 1.29 is 17.9 Å². The highest BCUT2D eigenvalue weighted by Crippen LogP contribution is 2.34. The highest BCUT2D eigenvalue weighted by molar-refractivity contribution is 8.15. The van der Waals surface area contributed by atoms with Gasteiger partial charge in [-0.2, -0.15) is 0 Å². The molecule has 4 rings (SSSR count). The topological polar surface area (TPSA) is 96.9 Å². The van der Waals surface area contributed by atoms with Crippen molar-refractivity contribution in [1.82, 2.24) is 0 Å². The summed E-state index contributed by atoms with van der Waals surface area (Å²) in [6.45, 7) is 0. The van der Waals surface area contributed by atoms with Gasteiger partial charge in [-0.05, 0) is 42.5 Å². The van der Waals surface area contributed by atoms with Gasteiger partial charge >= 0.3 is 0 Å². The molecular formula is C19H19N3O4S2. The van der Waals surface area contributed by atoms with E-state index < -0.39 is 9.84 Å². The number of hydrogen-bond donors (Lipinski definition) is 2. The zero-order valence-corrected chi connectivity index (χ0v) is 16.7. The molecule has 2 heterocycles. The molecule has 2 atom stereocenters. The summed E-state index contributed by atoms with van der Waals surface area (Å²) >= 11 is 1.45. The number of carbonyl (C=O) groups is 1. The molecule has 1 amide bonds. The highest BCUT2D eigenvalue weighted by atomic mass is 32.2. The van der Waals surface area contributed by atoms with Gasteiger partial charge in [0.1, 0.15) is 5.75 Å². The van der Waals surface area contributed by atoms with Crippen LogP contribution in [0.25, 0.3) is 0 Å². The van der Waals surface area contributed by atoms with Crippen LogP contribution in [-0.2, 0) is 9.84 Å². The Morgan fingerprint density at radius 3 is 2.64 bits per heavy atom. The molecule has 7 nitrogen and oxygen atoms in total. The SMILES string of the molecule is COc1ccc(NC(=O)c2cccc(NC3=N[C@H]4CS(=O)(=O)C[C@@H]4S3)c2)cc1. The molecule has 1 fully saturated rings. The number of carbonyl (C=O) groups excluding carboxylic acids is 1. The van der Waals surface area contributed by atoms with Gasteiger partial charge in [-0.3, -0.25) is 9.79 Å². The van der Waals surface area contributed by atoms with E-state index in [0.717, 1.165) is 11.4 Å². The Labute approximate surface area is 167 Å². The van der Waals surface area contributed by atoms with E-state index in [0.29, 0.717) is 16.4 Å². The van der Waals surface area contributed by atoms with Crippen LogP contribution in [0.3, 0.4) is 0 Å². The van der Waals surface area contributed by atoms with Crippen molar-refractivity contribution in [3.63, 3.8) is 0 Å². The molecule has 0 aliphatic carbocycles. The van der Waals surface area contributed by atoms with Crippen LogP contribution in [0, 0.1) is 0 Å². The van der Waals surface area contributed by atoms with E-state index in [2.05, 4.69) is 15.6 Å². The van der Waals surface area contributed by atoms with Crippen LogP contribution >= 0.6 is 11.8 Å². The first-order valence-corrected chi connectivity index (χ1v) is 11.4. The second-order valence-corrected chi connectivity index (χ2v) is 10.0. The van der Waals surface area contributed by atoms with Gasteiger partial charge in [0.25, 0.3) is 5.91 Å². The summed E-state index contributed by atoms with van der Waals surface area (Å²) in [6.07, 6.45) is 0. The smallest absolute Gasteiger partial charge is 0.255 e. The van der Waals surface area contributed by atoms with Crippen LogP contribution in [0.5, 0.6) is 5.75 Å². The van der Waals surface area contributed by atoms with Gasteiger partial charge in [0, 0.05) is 22.2 Å². The van der Waals surface area contributed by atoms with Crippen LogP contribution in [0.1, 0.15) is 10.4 Å². The van der Waals surface area contributed by atoms with Gasteiger partial charge in [-0.25, -0.2) is 8.42 Å². The lowest BCUT2D eigenvalue weighted by atomic mass is 10.2. The fourth-order valence-corrected chi connectivity index (χ4v) is 6.83. The third-order valence-corrected chi connectivity index (χ3v) is 7.68. The van der Waals surface area contributed by atoms with E-state index in [9.17, 15) is 13.2 Å². The first-order valence-electron chi connectivity index (χ1n) is 8.69. The number of nitrogens with one attached hydrogen (secondary N) is 2. The third kappa shape index (κ3) is 4.15. The number of amidine groups is 1. The molecule has 2 aliphatic heterocycles. The van der Waals surface area contributed by atoms with Crippen LogP contribution in [0.4, 0.5) is 11.4 Å². The van der Waals surface area contributed by atoms with Crippen LogP contribution < -0.4 is 15.4 Å². The Hall–Kier alpha value is -2.52. The summed E-state index contributed by atoms with van der Waals surface area (Å²) in [4.78, 5) is 17.0. The number of sulfone groups is 1. The van der Waals surface area contributed by atoms with Gasteiger partial charge in [0.2, 0.25) is 0 Å². The van der Waals surface area contributed by atoms with E-state index in [1.807, 2.05) is 6.07 Å². The Morgan fingerprint density at radius 2 is 1.93 bits per heavy atom. The van der Waals surface area contributed by atoms with Crippen LogP contribution in [-0.4, -0.2) is 49.4 Å². The molecule has 0 unspecified atom stereocenters. The lowest BCUT2D eigenvalue weighted by molar-refractivity contribution is 0.102. The van der Waals surface area contributed by atoms with Crippen molar-refractivity contribution in [2.45, 2.75) is 11.3 Å². The summed E-state index contributed by atoms with van der Waals surface area (Å²) in [7, 11) is -1.38. The normalized spacial score (nSPS) is 22.2. The second-order valence-electron chi connectivity index (χ2n) is 6.62. The number of ether oxygens (including phenoxy) is 1. The largest absolute Gasteiger partial charge is 0.497 e. The zero-order chi connectivity index (χ0) is 19.7. The Morgan fingerprint density at radius 1 is 1.14 bits per heavy atom. The number of methoxy groups -OCH3 is 1. The summed E-state index contributed by atoms with van der Waals surface area (Å²) < 4.78 is 28.4. The third-order valence-electron chi connectivity index (χ3n) is 4.54. The summed E-state index contributed by atoms with van der Waals surface area (Å²) in [5.74, 6) is 0.774. The zero-order valence-electron chi connectivity index (χ0n) is 15.1. The number of benzene rings is 2. The van der Waals surface area contributed by atoms with Crippen LogP contribution in [0.15, 0.2) is 53.5 Å². The van der Waals surface area contributed by atoms with Crippen molar-refractivity contribution in [3.05, 3.63) is 54.1 Å². The van der Waals surface area contributed by atoms with Gasteiger partial charge in [-0.15, -0.1) is 0 Å². The fourth-order valence-electron chi connectivity index (χ4n) is 3.16. The number of nitrogens with zero attached hydrogens (tertiary/aromatic N) is 1. The minimum Gasteiger partial charge on any atom is -0.497 e. The Kier molecular flexibility index (Phi) is 5.03. The van der Waals surface area contributed by atoms with Crippen LogP contribution in [0.2, 0.25) is 0 Å². The number of anilines is 2. The number of hydrogen-bond acceptors (Lipinski definition) is 7. The average molecular weight is 418 g/mol. The van der Waals surface area contributed by atoms with E-state index in [1.165, 1.54) is 11.8 Å². The quantitative estimate of drug-likeness (QED) is 0.794. The van der Waals surface area contributed by atoms with E-state index in [4.69, 9.17) is 4.74 Å². The number of thioether (sulfide) groups is 1. The van der Waals surface area contributed by atoms with Crippen molar-refractivity contribution >= 4 is 44.0 Å². The fraction of sp³-hybridized carbons (Fsp3) is 0.263. The maximum atomic E-state index is 12.5. The second kappa shape index (κ2) is 7.48. The summed E-state index contributed by atoms with van der Waals surface area (Å²) in [5, 5.41) is 6.71. The molecule has 2 aromatic carbocycles. The van der Waals surface area contributed by atoms with Gasteiger partial charge < -0.3 is 15.4 Å². The number of amides is 1. The Balaban J connectivity index is 1.42. The molecule has 2 N–H and O–H groups in total. The molecule has 9 heteroatoms. The minimum absolute atomic E-state index is 0.0194. The molecule has 2 aliphatic rings. The van der Waals surface area contributed by atoms with E-state index in [-0.39, 0.29) is 28.7 Å². The number of rotatable bonds is 4.